The average molecular weight is 307 g/mol. The van der Waals surface area contributed by atoms with E-state index in [0.29, 0.717) is 0 Å². The lowest BCUT2D eigenvalue weighted by atomic mass is 10.3. The number of anilines is 1. The van der Waals surface area contributed by atoms with Crippen LogP contribution in [0, 0.1) is 0 Å². The van der Waals surface area contributed by atoms with Crippen LogP contribution in [0.25, 0.3) is 0 Å². The molecule has 0 bridgehead atoms. The molecule has 1 aliphatic rings. The zero-order valence-electron chi connectivity index (χ0n) is 8.56. The molecule has 1 fully saturated rings. The minimum Gasteiger partial charge on any atom is -0.368 e. The molecule has 7 heteroatoms. The maximum absolute atomic E-state index is 6.03. The van der Waals surface area contributed by atoms with Gasteiger partial charge in [0.2, 0.25) is 0 Å². The van der Waals surface area contributed by atoms with Gasteiger partial charge < -0.3 is 10.2 Å². The van der Waals surface area contributed by atoms with Crippen LogP contribution in [0.2, 0.25) is 5.02 Å². The third-order valence-corrected chi connectivity index (χ3v) is 2.50. The molecule has 1 saturated heterocycles. The fraction of sp³-hybridized carbons (Fsp3) is 0.444. The Morgan fingerprint density at radius 1 is 1.19 bits per heavy atom. The van der Waals surface area contributed by atoms with Crippen molar-refractivity contribution in [3.8, 4) is 0 Å². The Labute approximate surface area is 119 Å². The number of hydrogen-bond acceptors (Lipinski definition) is 3. The van der Waals surface area contributed by atoms with E-state index in [9.17, 15) is 0 Å². The third kappa shape index (κ3) is 4.52. The second-order valence-electron chi connectivity index (χ2n) is 3.06. The van der Waals surface area contributed by atoms with Gasteiger partial charge in [-0.15, -0.1) is 37.2 Å². The molecule has 1 N–H and O–H groups in total. The molecule has 0 atom stereocenters. The van der Waals surface area contributed by atoms with Crippen LogP contribution in [0.5, 0.6) is 0 Å². The van der Waals surface area contributed by atoms with E-state index in [1.165, 1.54) is 0 Å². The molecule has 0 spiro atoms. The van der Waals surface area contributed by atoms with Gasteiger partial charge in [-0.2, -0.15) is 0 Å². The van der Waals surface area contributed by atoms with Crippen LogP contribution in [0.4, 0.5) is 5.69 Å². The van der Waals surface area contributed by atoms with Crippen molar-refractivity contribution in [2.75, 3.05) is 31.1 Å². The highest BCUT2D eigenvalue weighted by atomic mass is 35.5. The molecule has 3 nitrogen and oxygen atoms in total. The predicted octanol–water partition coefficient (Wildman–Crippen LogP) is 2.41. The molecule has 2 rings (SSSR count). The van der Waals surface area contributed by atoms with Crippen molar-refractivity contribution in [3.05, 3.63) is 23.5 Å². The maximum atomic E-state index is 6.03. The monoisotopic (exact) mass is 305 g/mol. The van der Waals surface area contributed by atoms with E-state index in [1.54, 1.807) is 12.4 Å². The average Bonchev–Trinajstić information content (AvgIpc) is 2.20. The number of halogens is 4. The molecule has 16 heavy (non-hydrogen) atoms. The molecular formula is C9H15Cl4N3. The van der Waals surface area contributed by atoms with Crippen LogP contribution in [-0.4, -0.2) is 31.2 Å². The Balaban J connectivity index is 0. The highest BCUT2D eigenvalue weighted by Gasteiger charge is 2.12. The fourth-order valence-corrected chi connectivity index (χ4v) is 1.77. The van der Waals surface area contributed by atoms with Crippen molar-refractivity contribution in [3.63, 3.8) is 0 Å². The molecule has 0 radical (unpaired) electrons. The van der Waals surface area contributed by atoms with Crippen LogP contribution < -0.4 is 10.2 Å². The summed E-state index contributed by atoms with van der Waals surface area (Å²) in [6, 6.07) is 1.97. The van der Waals surface area contributed by atoms with Crippen LogP contribution in [0.15, 0.2) is 18.5 Å². The third-order valence-electron chi connectivity index (χ3n) is 2.21. The summed E-state index contributed by atoms with van der Waals surface area (Å²) in [5.41, 5.74) is 1.10. The van der Waals surface area contributed by atoms with Gasteiger partial charge in [-0.25, -0.2) is 0 Å². The van der Waals surface area contributed by atoms with Gasteiger partial charge in [0.25, 0.3) is 0 Å². The van der Waals surface area contributed by atoms with E-state index in [0.717, 1.165) is 36.9 Å². The smallest absolute Gasteiger partial charge is 0.0822 e. The topological polar surface area (TPSA) is 28.2 Å². The molecule has 1 aromatic rings. The Morgan fingerprint density at radius 2 is 1.81 bits per heavy atom. The second kappa shape index (κ2) is 9.14. The van der Waals surface area contributed by atoms with E-state index in [2.05, 4.69) is 15.2 Å². The lowest BCUT2D eigenvalue weighted by molar-refractivity contribution is 0.589. The molecule has 0 aromatic carbocycles. The van der Waals surface area contributed by atoms with Crippen molar-refractivity contribution in [1.82, 2.24) is 10.3 Å². The summed E-state index contributed by atoms with van der Waals surface area (Å²) in [5.74, 6) is 0. The molecule has 0 saturated carbocycles. The Hall–Kier alpha value is 0.0700. The van der Waals surface area contributed by atoms with Gasteiger partial charge in [0.1, 0.15) is 0 Å². The zero-order chi connectivity index (χ0) is 9.10. The second-order valence-corrected chi connectivity index (χ2v) is 3.47. The van der Waals surface area contributed by atoms with E-state index in [-0.39, 0.29) is 37.2 Å². The van der Waals surface area contributed by atoms with E-state index in [1.807, 2.05) is 6.07 Å². The first-order valence-electron chi connectivity index (χ1n) is 4.43. The number of piperazine rings is 1. The SMILES string of the molecule is Cl.Cl.Cl.Clc1cnccc1N1CCNCC1. The van der Waals surface area contributed by atoms with Gasteiger partial charge in [0.15, 0.2) is 0 Å². The lowest BCUT2D eigenvalue weighted by Crippen LogP contribution is -2.43. The summed E-state index contributed by atoms with van der Waals surface area (Å²) in [6.45, 7) is 4.09. The van der Waals surface area contributed by atoms with Crippen LogP contribution >= 0.6 is 48.8 Å². The lowest BCUT2D eigenvalue weighted by Gasteiger charge is -2.29. The fourth-order valence-electron chi connectivity index (χ4n) is 1.53. The zero-order valence-corrected chi connectivity index (χ0v) is 11.8. The summed E-state index contributed by atoms with van der Waals surface area (Å²) < 4.78 is 0. The van der Waals surface area contributed by atoms with Gasteiger partial charge >= 0.3 is 0 Å². The number of aromatic nitrogens is 1. The van der Waals surface area contributed by atoms with Crippen molar-refractivity contribution >= 4 is 54.5 Å². The van der Waals surface area contributed by atoms with E-state index in [4.69, 9.17) is 11.6 Å². The number of hydrogen-bond donors (Lipinski definition) is 1. The number of pyridine rings is 1. The Kier molecular flexibility index (Phi) is 10.5. The number of nitrogens with zero attached hydrogens (tertiary/aromatic N) is 2. The van der Waals surface area contributed by atoms with E-state index >= 15 is 0 Å². The predicted molar refractivity (Wildman–Crippen MR) is 76.1 cm³/mol. The van der Waals surface area contributed by atoms with Gasteiger partial charge in [-0.05, 0) is 6.07 Å². The number of nitrogens with one attached hydrogen (secondary N) is 1. The Bertz CT molecular complexity index is 292. The highest BCUT2D eigenvalue weighted by molar-refractivity contribution is 6.33. The quantitative estimate of drug-likeness (QED) is 0.863. The first-order valence-corrected chi connectivity index (χ1v) is 4.81. The molecule has 94 valence electrons. The van der Waals surface area contributed by atoms with Gasteiger partial charge in [0, 0.05) is 38.6 Å². The van der Waals surface area contributed by atoms with Crippen molar-refractivity contribution in [1.29, 1.82) is 0 Å². The van der Waals surface area contributed by atoms with Gasteiger partial charge in [0.05, 0.1) is 10.7 Å². The summed E-state index contributed by atoms with van der Waals surface area (Å²) in [4.78, 5) is 6.24. The molecule has 0 amide bonds. The normalized spacial score (nSPS) is 14.2. The largest absolute Gasteiger partial charge is 0.368 e. The Morgan fingerprint density at radius 3 is 2.38 bits per heavy atom. The summed E-state index contributed by atoms with van der Waals surface area (Å²) in [6.07, 6.45) is 3.47. The summed E-state index contributed by atoms with van der Waals surface area (Å²) in [5, 5.41) is 4.04. The molecule has 1 aliphatic heterocycles. The van der Waals surface area contributed by atoms with Crippen molar-refractivity contribution in [2.24, 2.45) is 0 Å². The number of rotatable bonds is 1. The summed E-state index contributed by atoms with van der Waals surface area (Å²) >= 11 is 6.03. The van der Waals surface area contributed by atoms with Crippen molar-refractivity contribution in [2.45, 2.75) is 0 Å². The minimum atomic E-state index is 0. The minimum absolute atomic E-state index is 0. The van der Waals surface area contributed by atoms with Crippen LogP contribution in [0.3, 0.4) is 0 Å². The van der Waals surface area contributed by atoms with Crippen molar-refractivity contribution < 1.29 is 0 Å². The molecule has 2 heterocycles. The molecule has 0 unspecified atom stereocenters. The highest BCUT2D eigenvalue weighted by Crippen LogP contribution is 2.23. The van der Waals surface area contributed by atoms with Crippen LogP contribution in [0.1, 0.15) is 0 Å². The first-order chi connectivity index (χ1) is 6.38. The van der Waals surface area contributed by atoms with Gasteiger partial charge in [-0.1, -0.05) is 11.6 Å². The van der Waals surface area contributed by atoms with Crippen LogP contribution in [-0.2, 0) is 0 Å². The molecule has 1 aromatic heterocycles. The van der Waals surface area contributed by atoms with E-state index < -0.39 is 0 Å². The maximum Gasteiger partial charge on any atom is 0.0822 e. The standard InChI is InChI=1S/C9H12ClN3.3ClH/c10-8-7-12-2-1-9(8)13-5-3-11-4-6-13;;;/h1-2,7,11H,3-6H2;3*1H. The molecular weight excluding hydrogens is 292 g/mol. The molecule has 0 aliphatic carbocycles. The summed E-state index contributed by atoms with van der Waals surface area (Å²) in [7, 11) is 0. The first kappa shape index (κ1) is 18.4. The van der Waals surface area contributed by atoms with Gasteiger partial charge in [-0.3, -0.25) is 4.98 Å².